The Morgan fingerprint density at radius 3 is 2.06 bits per heavy atom. The maximum atomic E-state index is 3.20. The normalized spacial score (nSPS) is 9.25. The first-order valence-electron chi connectivity index (χ1n) is 5.53. The van der Waals surface area contributed by atoms with Crippen LogP contribution in [0.4, 0.5) is 0 Å². The van der Waals surface area contributed by atoms with E-state index in [0.717, 1.165) is 18.4 Å². The van der Waals surface area contributed by atoms with Crippen molar-refractivity contribution in [3.63, 3.8) is 0 Å². The van der Waals surface area contributed by atoms with Gasteiger partial charge in [0.25, 0.3) is 0 Å². The summed E-state index contributed by atoms with van der Waals surface area (Å²) in [5.74, 6) is 6.37. The van der Waals surface area contributed by atoms with Crippen molar-refractivity contribution in [3.8, 4) is 11.8 Å². The van der Waals surface area contributed by atoms with Gasteiger partial charge in [0, 0.05) is 12.0 Å². The van der Waals surface area contributed by atoms with Crippen molar-refractivity contribution in [2.75, 3.05) is 0 Å². The van der Waals surface area contributed by atoms with Gasteiger partial charge in [-0.2, -0.15) is 0 Å². The molecule has 0 heteroatoms. The number of hydrogen-bond acceptors (Lipinski definition) is 0. The monoisotopic (exact) mass is 206 g/mol. The molecule has 0 saturated heterocycles. The number of aryl methyl sites for hydroxylation is 1. The Morgan fingerprint density at radius 2 is 1.38 bits per heavy atom. The van der Waals surface area contributed by atoms with Crippen molar-refractivity contribution in [1.29, 1.82) is 0 Å². The van der Waals surface area contributed by atoms with Crippen LogP contribution in [0.2, 0.25) is 0 Å². The molecule has 0 radical (unpaired) electrons. The van der Waals surface area contributed by atoms with Crippen LogP contribution in [0.1, 0.15) is 17.5 Å². The molecular weight excluding hydrogens is 192 g/mol. The van der Waals surface area contributed by atoms with Crippen molar-refractivity contribution < 1.29 is 0 Å². The van der Waals surface area contributed by atoms with E-state index in [2.05, 4.69) is 36.1 Å². The summed E-state index contributed by atoms with van der Waals surface area (Å²) in [5, 5.41) is 0. The number of rotatable bonds is 2. The first-order valence-corrected chi connectivity index (χ1v) is 5.53. The van der Waals surface area contributed by atoms with Gasteiger partial charge in [0.05, 0.1) is 0 Å². The van der Waals surface area contributed by atoms with Crippen LogP contribution in [-0.4, -0.2) is 0 Å². The van der Waals surface area contributed by atoms with Gasteiger partial charge in [0.2, 0.25) is 0 Å². The lowest BCUT2D eigenvalue weighted by atomic mass is 10.1. The summed E-state index contributed by atoms with van der Waals surface area (Å²) in [5.41, 5.74) is 2.44. The highest BCUT2D eigenvalue weighted by Gasteiger charge is 1.88. The van der Waals surface area contributed by atoms with Crippen molar-refractivity contribution in [1.82, 2.24) is 0 Å². The van der Waals surface area contributed by atoms with Gasteiger partial charge in [-0.05, 0) is 24.1 Å². The molecule has 0 aliphatic carbocycles. The molecular formula is C16H14. The van der Waals surface area contributed by atoms with Crippen LogP contribution in [0.5, 0.6) is 0 Å². The van der Waals surface area contributed by atoms with Gasteiger partial charge in [-0.3, -0.25) is 0 Å². The van der Waals surface area contributed by atoms with E-state index < -0.39 is 0 Å². The van der Waals surface area contributed by atoms with Crippen molar-refractivity contribution in [3.05, 3.63) is 71.8 Å². The van der Waals surface area contributed by atoms with Crippen molar-refractivity contribution in [2.24, 2.45) is 0 Å². The van der Waals surface area contributed by atoms with Gasteiger partial charge >= 0.3 is 0 Å². The SMILES string of the molecule is C(#Cc1ccccc1)CCc1ccccc1. The Morgan fingerprint density at radius 1 is 0.750 bits per heavy atom. The molecule has 0 aliphatic heterocycles. The van der Waals surface area contributed by atoms with E-state index >= 15 is 0 Å². The zero-order valence-corrected chi connectivity index (χ0v) is 9.19. The minimum Gasteiger partial charge on any atom is -0.0975 e. The predicted molar refractivity (Wildman–Crippen MR) is 68.1 cm³/mol. The summed E-state index contributed by atoms with van der Waals surface area (Å²) in [7, 11) is 0. The minimum absolute atomic E-state index is 0.916. The average molecular weight is 206 g/mol. The Hall–Kier alpha value is -2.00. The van der Waals surface area contributed by atoms with Gasteiger partial charge in [0.15, 0.2) is 0 Å². The Bertz CT molecular complexity index is 472. The summed E-state index contributed by atoms with van der Waals surface area (Å²) in [6.45, 7) is 0. The first-order chi connectivity index (χ1) is 7.95. The van der Waals surface area contributed by atoms with Gasteiger partial charge in [-0.1, -0.05) is 60.4 Å². The fourth-order valence-corrected chi connectivity index (χ4v) is 1.54. The van der Waals surface area contributed by atoms with Crippen LogP contribution in [0.3, 0.4) is 0 Å². The first kappa shape index (κ1) is 10.5. The molecule has 0 fully saturated rings. The van der Waals surface area contributed by atoms with Gasteiger partial charge < -0.3 is 0 Å². The molecule has 0 spiro atoms. The molecule has 0 amide bonds. The Labute approximate surface area is 96.9 Å². The maximum absolute atomic E-state index is 3.20. The van der Waals surface area contributed by atoms with E-state index in [-0.39, 0.29) is 0 Å². The molecule has 2 rings (SSSR count). The van der Waals surface area contributed by atoms with E-state index in [4.69, 9.17) is 0 Å². The molecule has 0 unspecified atom stereocenters. The van der Waals surface area contributed by atoms with Crippen LogP contribution in [0, 0.1) is 11.8 Å². The standard InChI is InChI=1S/C16H14/c1-3-9-15(10-4-1)13-7-8-14-16-11-5-2-6-12-16/h1-6,9-12H,7,13H2. The topological polar surface area (TPSA) is 0 Å². The number of hydrogen-bond donors (Lipinski definition) is 0. The van der Waals surface area contributed by atoms with Crippen molar-refractivity contribution in [2.45, 2.75) is 12.8 Å². The zero-order valence-electron chi connectivity index (χ0n) is 9.19. The Balaban J connectivity index is 1.87. The summed E-state index contributed by atoms with van der Waals surface area (Å²) >= 11 is 0. The second-order valence-electron chi connectivity index (χ2n) is 3.65. The van der Waals surface area contributed by atoms with Crippen LogP contribution < -0.4 is 0 Å². The van der Waals surface area contributed by atoms with Crippen LogP contribution in [-0.2, 0) is 6.42 Å². The third-order valence-corrected chi connectivity index (χ3v) is 2.39. The molecule has 0 atom stereocenters. The third kappa shape index (κ3) is 3.29. The lowest BCUT2D eigenvalue weighted by Crippen LogP contribution is -1.81. The fraction of sp³-hybridized carbons (Fsp3) is 0.125. The van der Waals surface area contributed by atoms with Gasteiger partial charge in [-0.15, -0.1) is 0 Å². The predicted octanol–water partition coefficient (Wildman–Crippen LogP) is 3.67. The zero-order chi connectivity index (χ0) is 11.1. The highest BCUT2D eigenvalue weighted by molar-refractivity contribution is 5.33. The van der Waals surface area contributed by atoms with E-state index in [0.29, 0.717) is 0 Å². The molecule has 0 aliphatic rings. The highest BCUT2D eigenvalue weighted by atomic mass is 13.9. The van der Waals surface area contributed by atoms with Crippen LogP contribution in [0.25, 0.3) is 0 Å². The van der Waals surface area contributed by atoms with E-state index in [1.54, 1.807) is 0 Å². The molecule has 0 saturated carbocycles. The quantitative estimate of drug-likeness (QED) is 0.658. The minimum atomic E-state index is 0.916. The van der Waals surface area contributed by atoms with E-state index in [9.17, 15) is 0 Å². The Kier molecular flexibility index (Phi) is 3.80. The second-order valence-corrected chi connectivity index (χ2v) is 3.65. The molecule has 2 aromatic carbocycles. The summed E-state index contributed by atoms with van der Waals surface area (Å²) in [4.78, 5) is 0. The second kappa shape index (κ2) is 5.78. The highest BCUT2D eigenvalue weighted by Crippen LogP contribution is 2.02. The lowest BCUT2D eigenvalue weighted by molar-refractivity contribution is 1.03. The number of benzene rings is 2. The molecule has 0 N–H and O–H groups in total. The summed E-state index contributed by atoms with van der Waals surface area (Å²) in [6, 6.07) is 20.6. The third-order valence-electron chi connectivity index (χ3n) is 2.39. The summed E-state index contributed by atoms with van der Waals surface area (Å²) < 4.78 is 0. The maximum Gasteiger partial charge on any atom is 0.0245 e. The average Bonchev–Trinajstić information content (AvgIpc) is 2.37. The van der Waals surface area contributed by atoms with E-state index in [1.807, 2.05) is 36.4 Å². The van der Waals surface area contributed by atoms with Crippen molar-refractivity contribution >= 4 is 0 Å². The molecule has 0 nitrogen and oxygen atoms in total. The fourth-order valence-electron chi connectivity index (χ4n) is 1.54. The smallest absolute Gasteiger partial charge is 0.0245 e. The largest absolute Gasteiger partial charge is 0.0975 e. The molecule has 0 bridgehead atoms. The van der Waals surface area contributed by atoms with Crippen LogP contribution >= 0.6 is 0 Å². The molecule has 0 aromatic heterocycles. The summed E-state index contributed by atoms with van der Waals surface area (Å²) in [6.07, 6.45) is 1.94. The van der Waals surface area contributed by atoms with E-state index in [1.165, 1.54) is 5.56 Å². The van der Waals surface area contributed by atoms with Gasteiger partial charge in [-0.25, -0.2) is 0 Å². The van der Waals surface area contributed by atoms with Crippen LogP contribution in [0.15, 0.2) is 60.7 Å². The molecule has 0 heterocycles. The van der Waals surface area contributed by atoms with Gasteiger partial charge in [0.1, 0.15) is 0 Å². The molecule has 78 valence electrons. The molecule has 2 aromatic rings. The lowest BCUT2D eigenvalue weighted by Gasteiger charge is -1.94. The molecule has 16 heavy (non-hydrogen) atoms.